The van der Waals surface area contributed by atoms with E-state index in [1.54, 1.807) is 0 Å². The molecule has 5 heteroatoms. The van der Waals surface area contributed by atoms with Crippen molar-refractivity contribution in [2.45, 2.75) is 57.2 Å². The van der Waals surface area contributed by atoms with E-state index in [2.05, 4.69) is 11.9 Å². The Morgan fingerprint density at radius 3 is 2.95 bits per heavy atom. The molecule has 0 aromatic carbocycles. The number of hydrogen-bond donors (Lipinski definition) is 0. The van der Waals surface area contributed by atoms with E-state index in [9.17, 15) is 9.59 Å². The van der Waals surface area contributed by atoms with Crippen molar-refractivity contribution in [3.05, 3.63) is 0 Å². The number of carbonyl (C=O) groups excluding carboxylic acids is 2. The molecule has 0 radical (unpaired) electrons. The Morgan fingerprint density at radius 2 is 2.24 bits per heavy atom. The molecule has 0 N–H and O–H groups in total. The molecule has 5 atom stereocenters. The summed E-state index contributed by atoms with van der Waals surface area (Å²) >= 11 is 0.0935. The van der Waals surface area contributed by atoms with Crippen molar-refractivity contribution in [3.63, 3.8) is 0 Å². The molecule has 120 valence electrons. The Balaban J connectivity index is 1.75. The van der Waals surface area contributed by atoms with Crippen LogP contribution in [0.15, 0.2) is 0 Å². The van der Waals surface area contributed by atoms with E-state index < -0.39 is 5.60 Å². The van der Waals surface area contributed by atoms with Crippen LogP contribution in [0, 0.1) is 17.8 Å². The number of alkyl halides is 2. The van der Waals surface area contributed by atoms with Crippen molar-refractivity contribution in [3.8, 4) is 0 Å². The third-order valence-corrected chi connectivity index (χ3v) is 7.14. The Bertz CT molecular complexity index is 438. The van der Waals surface area contributed by atoms with Crippen LogP contribution in [-0.2, 0) is 19.1 Å². The van der Waals surface area contributed by atoms with Crippen LogP contribution < -0.4 is 21.2 Å². The molecule has 0 spiro atoms. The summed E-state index contributed by atoms with van der Waals surface area (Å²) in [5.74, 6) is 0.386. The van der Waals surface area contributed by atoms with Gasteiger partial charge >= 0.3 is 136 Å². The zero-order valence-corrected chi connectivity index (χ0v) is 14.9. The Kier molecular flexibility index (Phi) is 4.48. The first kappa shape index (κ1) is 15.6. The Hall–Kier alpha value is -0.330. The number of fused-ring (bicyclic) bond motifs is 1. The average molecular weight is 407 g/mol. The molecule has 4 nitrogen and oxygen atoms in total. The van der Waals surface area contributed by atoms with Gasteiger partial charge in [-0.25, -0.2) is 0 Å². The van der Waals surface area contributed by atoms with Crippen LogP contribution in [0.4, 0.5) is 0 Å². The summed E-state index contributed by atoms with van der Waals surface area (Å²) in [5, 5.41) is 0. The number of esters is 2. The molecule has 5 unspecified atom stereocenters. The first-order valence-corrected chi connectivity index (χ1v) is 11.6. The maximum absolute atomic E-state index is 12.5. The number of ether oxygens (including phenoxy) is 2. The summed E-state index contributed by atoms with van der Waals surface area (Å²) in [6.45, 7) is 2.06. The van der Waals surface area contributed by atoms with Gasteiger partial charge in [0.15, 0.2) is 0 Å². The van der Waals surface area contributed by atoms with Crippen LogP contribution in [0.1, 0.15) is 45.4 Å². The second-order valence-electron chi connectivity index (χ2n) is 6.84. The van der Waals surface area contributed by atoms with Crippen LogP contribution in [0.3, 0.4) is 0 Å². The van der Waals surface area contributed by atoms with Crippen molar-refractivity contribution in [1.29, 1.82) is 0 Å². The normalized spacial score (nSPS) is 39.0. The summed E-state index contributed by atoms with van der Waals surface area (Å²) < 4.78 is 12.6. The van der Waals surface area contributed by atoms with Crippen molar-refractivity contribution >= 4 is 11.9 Å². The first-order chi connectivity index (χ1) is 10.0. The van der Waals surface area contributed by atoms with Gasteiger partial charge in [-0.3, -0.25) is 0 Å². The minimum atomic E-state index is -0.417. The molecule has 0 amide bonds. The van der Waals surface area contributed by atoms with Gasteiger partial charge in [-0.05, 0) is 0 Å². The number of carbonyl (C=O) groups is 2. The van der Waals surface area contributed by atoms with E-state index in [-0.39, 0.29) is 51.1 Å². The molecule has 21 heavy (non-hydrogen) atoms. The minimum absolute atomic E-state index is 0.0322. The quantitative estimate of drug-likeness (QED) is 0.339. The molecule has 4 rings (SSSR count). The number of halogens is 1. The summed E-state index contributed by atoms with van der Waals surface area (Å²) in [7, 11) is 0. The first-order valence-electron chi connectivity index (χ1n) is 7.92. The van der Waals surface area contributed by atoms with Gasteiger partial charge in [-0.15, -0.1) is 0 Å². The van der Waals surface area contributed by atoms with E-state index in [0.29, 0.717) is 12.3 Å². The molecular weight excluding hydrogens is 383 g/mol. The third kappa shape index (κ3) is 3.08. The van der Waals surface area contributed by atoms with Crippen molar-refractivity contribution in [2.24, 2.45) is 17.8 Å². The summed E-state index contributed by atoms with van der Waals surface area (Å²) in [6.07, 6.45) is 5.03. The average Bonchev–Trinajstić information content (AvgIpc) is 2.58. The van der Waals surface area contributed by atoms with Gasteiger partial charge in [-0.2, -0.15) is 0 Å². The van der Waals surface area contributed by atoms with E-state index in [4.69, 9.17) is 9.47 Å². The summed E-state index contributed by atoms with van der Waals surface area (Å²) in [4.78, 5) is 26.7. The van der Waals surface area contributed by atoms with Gasteiger partial charge in [0.25, 0.3) is 0 Å². The zero-order chi connectivity index (χ0) is 15.0. The van der Waals surface area contributed by atoms with Crippen LogP contribution >= 0.6 is 0 Å². The predicted molar refractivity (Wildman–Crippen MR) is 73.3 cm³/mol. The van der Waals surface area contributed by atoms with Crippen LogP contribution in [0.25, 0.3) is 0 Å². The van der Waals surface area contributed by atoms with Crippen molar-refractivity contribution in [1.82, 2.24) is 0 Å². The van der Waals surface area contributed by atoms with E-state index in [1.165, 1.54) is 0 Å². The molecule has 0 aromatic rings. The molecule has 4 fully saturated rings. The van der Waals surface area contributed by atoms with E-state index in [0.717, 1.165) is 36.5 Å². The van der Waals surface area contributed by atoms with E-state index in [1.807, 2.05) is 0 Å². The van der Waals surface area contributed by atoms with Gasteiger partial charge < -0.3 is 0 Å². The second kappa shape index (κ2) is 6.05. The molecule has 2 heterocycles. The second-order valence-corrected chi connectivity index (χ2v) is 9.24. The Morgan fingerprint density at radius 1 is 1.43 bits per heavy atom. The molecule has 2 saturated heterocycles. The van der Waals surface area contributed by atoms with Gasteiger partial charge in [0, 0.05) is 0 Å². The maximum atomic E-state index is 12.5. The van der Waals surface area contributed by atoms with Gasteiger partial charge in [0.2, 0.25) is 0 Å². The summed E-state index contributed by atoms with van der Waals surface area (Å²) in [6, 6.07) is 0. The molecule has 2 aliphatic carbocycles. The van der Waals surface area contributed by atoms with Gasteiger partial charge in [0.1, 0.15) is 0 Å². The van der Waals surface area contributed by atoms with E-state index >= 15 is 0 Å². The van der Waals surface area contributed by atoms with Crippen LogP contribution in [-0.4, -0.2) is 33.0 Å². The number of rotatable bonds is 5. The molecule has 0 aromatic heterocycles. The third-order valence-electron chi connectivity index (χ3n) is 5.19. The number of hydrogen-bond acceptors (Lipinski definition) is 4. The van der Waals surface area contributed by atoms with Crippen LogP contribution in [0.5, 0.6) is 0 Å². The topological polar surface area (TPSA) is 52.6 Å². The predicted octanol–water partition coefficient (Wildman–Crippen LogP) is -0.851. The molecular formula is C16H24IO4-. The molecule has 2 saturated carbocycles. The zero-order valence-electron chi connectivity index (χ0n) is 12.8. The molecule has 4 aliphatic rings. The SMILES string of the molecule is CCC(C[I-]C)C(=O)OC12CC3CC(C1)OC(=O)C(C3)C2. The van der Waals surface area contributed by atoms with Crippen molar-refractivity contribution < 1.29 is 40.3 Å². The van der Waals surface area contributed by atoms with Gasteiger partial charge in [0.05, 0.1) is 0 Å². The van der Waals surface area contributed by atoms with Crippen molar-refractivity contribution in [2.75, 3.05) is 9.36 Å². The Labute approximate surface area is 136 Å². The fraction of sp³-hybridized carbons (Fsp3) is 0.875. The molecule has 2 aliphatic heterocycles. The fourth-order valence-electron chi connectivity index (χ4n) is 4.32. The molecule has 4 bridgehead atoms. The van der Waals surface area contributed by atoms with Crippen LogP contribution in [0.2, 0.25) is 0 Å². The van der Waals surface area contributed by atoms with Gasteiger partial charge in [-0.1, -0.05) is 0 Å². The standard InChI is InChI=1S/C16H24IO4/c1-3-11(9-17-2)15(19)21-16-6-10-4-12(7-16)14(18)20-13(5-10)8-16/h10-13H,3-9H2,1-2H3/q-1. The fourth-order valence-corrected chi connectivity index (χ4v) is 6.37. The summed E-state index contributed by atoms with van der Waals surface area (Å²) in [5.41, 5.74) is -0.417. The monoisotopic (exact) mass is 407 g/mol.